The summed E-state index contributed by atoms with van der Waals surface area (Å²) in [6, 6.07) is 4.61. The van der Waals surface area contributed by atoms with Crippen LogP contribution in [0.25, 0.3) is 0 Å². The number of carbonyl (C=O) groups is 1. The zero-order valence-electron chi connectivity index (χ0n) is 12.5. The Morgan fingerprint density at radius 1 is 1.45 bits per heavy atom. The third-order valence-corrected chi connectivity index (χ3v) is 4.51. The van der Waals surface area contributed by atoms with E-state index >= 15 is 0 Å². The first-order valence-corrected chi connectivity index (χ1v) is 8.66. The van der Waals surface area contributed by atoms with Crippen molar-refractivity contribution >= 4 is 21.6 Å². The average Bonchev–Trinajstić information content (AvgIpc) is 2.93. The lowest BCUT2D eigenvalue weighted by atomic mass is 10.2. The SMILES string of the molecule is Cc1ccc(NC(=O)CNCC2CCCO2)cc1S(N)(=O)=O. The second kappa shape index (κ2) is 7.19. The monoisotopic (exact) mass is 327 g/mol. The van der Waals surface area contributed by atoms with Crippen LogP contribution in [-0.4, -0.2) is 40.1 Å². The maximum Gasteiger partial charge on any atom is 0.238 e. The van der Waals surface area contributed by atoms with Crippen molar-refractivity contribution in [2.75, 3.05) is 25.0 Å². The predicted octanol–water partition coefficient (Wildman–Crippen LogP) is 0.350. The van der Waals surface area contributed by atoms with Crippen LogP contribution in [0.1, 0.15) is 18.4 Å². The van der Waals surface area contributed by atoms with Crippen LogP contribution in [0, 0.1) is 6.92 Å². The minimum Gasteiger partial charge on any atom is -0.377 e. The van der Waals surface area contributed by atoms with Crippen LogP contribution in [-0.2, 0) is 19.6 Å². The van der Waals surface area contributed by atoms with Gasteiger partial charge in [0.1, 0.15) is 0 Å². The Morgan fingerprint density at radius 3 is 2.86 bits per heavy atom. The van der Waals surface area contributed by atoms with E-state index in [0.717, 1.165) is 19.4 Å². The van der Waals surface area contributed by atoms with Gasteiger partial charge in [-0.05, 0) is 37.5 Å². The molecule has 0 aromatic heterocycles. The Morgan fingerprint density at radius 2 is 2.23 bits per heavy atom. The van der Waals surface area contributed by atoms with Gasteiger partial charge in [0, 0.05) is 18.8 Å². The Kier molecular flexibility index (Phi) is 5.52. The van der Waals surface area contributed by atoms with Gasteiger partial charge in [0.15, 0.2) is 0 Å². The molecular formula is C14H21N3O4S. The van der Waals surface area contributed by atoms with Crippen molar-refractivity contribution in [3.8, 4) is 0 Å². The van der Waals surface area contributed by atoms with Gasteiger partial charge in [0.25, 0.3) is 0 Å². The molecule has 1 aliphatic rings. The summed E-state index contributed by atoms with van der Waals surface area (Å²) in [4.78, 5) is 11.8. The number of rotatable bonds is 6. The number of ether oxygens (including phenoxy) is 1. The Balaban J connectivity index is 1.88. The molecule has 0 radical (unpaired) electrons. The van der Waals surface area contributed by atoms with Crippen molar-refractivity contribution in [2.24, 2.45) is 5.14 Å². The zero-order valence-corrected chi connectivity index (χ0v) is 13.3. The number of sulfonamides is 1. The molecule has 7 nitrogen and oxygen atoms in total. The summed E-state index contributed by atoms with van der Waals surface area (Å²) >= 11 is 0. The number of hydrogen-bond acceptors (Lipinski definition) is 5. The van der Waals surface area contributed by atoms with E-state index in [1.165, 1.54) is 6.07 Å². The van der Waals surface area contributed by atoms with E-state index in [1.54, 1.807) is 19.1 Å². The van der Waals surface area contributed by atoms with Crippen LogP contribution in [0.4, 0.5) is 5.69 Å². The molecule has 1 aromatic rings. The van der Waals surface area contributed by atoms with Crippen molar-refractivity contribution in [1.29, 1.82) is 0 Å². The summed E-state index contributed by atoms with van der Waals surface area (Å²) in [6.45, 7) is 3.19. The van der Waals surface area contributed by atoms with E-state index in [-0.39, 0.29) is 23.5 Å². The van der Waals surface area contributed by atoms with Gasteiger partial charge < -0.3 is 15.4 Å². The fourth-order valence-corrected chi connectivity index (χ4v) is 3.15. The molecule has 1 aromatic carbocycles. The largest absolute Gasteiger partial charge is 0.377 e. The summed E-state index contributed by atoms with van der Waals surface area (Å²) in [7, 11) is -3.80. The first-order chi connectivity index (χ1) is 10.4. The molecular weight excluding hydrogens is 306 g/mol. The Hall–Kier alpha value is -1.48. The van der Waals surface area contributed by atoms with Crippen molar-refractivity contribution in [3.05, 3.63) is 23.8 Å². The van der Waals surface area contributed by atoms with E-state index in [0.29, 0.717) is 17.8 Å². The fraction of sp³-hybridized carbons (Fsp3) is 0.500. The zero-order chi connectivity index (χ0) is 16.2. The molecule has 122 valence electrons. The quantitative estimate of drug-likeness (QED) is 0.698. The van der Waals surface area contributed by atoms with E-state index in [2.05, 4.69) is 10.6 Å². The third kappa shape index (κ3) is 4.77. The van der Waals surface area contributed by atoms with E-state index in [1.807, 2.05) is 0 Å². The van der Waals surface area contributed by atoms with Gasteiger partial charge in [-0.15, -0.1) is 0 Å². The third-order valence-electron chi connectivity index (χ3n) is 3.46. The number of aryl methyl sites for hydroxylation is 1. The van der Waals surface area contributed by atoms with Gasteiger partial charge in [-0.3, -0.25) is 4.79 Å². The van der Waals surface area contributed by atoms with E-state index in [4.69, 9.17) is 9.88 Å². The van der Waals surface area contributed by atoms with Crippen molar-refractivity contribution < 1.29 is 17.9 Å². The van der Waals surface area contributed by atoms with Crippen molar-refractivity contribution in [1.82, 2.24) is 5.32 Å². The molecule has 0 aliphatic carbocycles. The number of benzene rings is 1. The number of amides is 1. The highest BCUT2D eigenvalue weighted by molar-refractivity contribution is 7.89. The number of carbonyl (C=O) groups excluding carboxylic acids is 1. The summed E-state index contributed by atoms with van der Waals surface area (Å²) < 4.78 is 28.3. The average molecular weight is 327 g/mol. The number of nitrogens with one attached hydrogen (secondary N) is 2. The molecule has 8 heteroatoms. The summed E-state index contributed by atoms with van der Waals surface area (Å²) in [5.41, 5.74) is 0.940. The van der Waals surface area contributed by atoms with Crippen LogP contribution in [0.2, 0.25) is 0 Å². The Labute approximate surface area is 130 Å². The van der Waals surface area contributed by atoms with Crippen LogP contribution < -0.4 is 15.8 Å². The van der Waals surface area contributed by atoms with Crippen molar-refractivity contribution in [3.63, 3.8) is 0 Å². The van der Waals surface area contributed by atoms with E-state index < -0.39 is 10.0 Å². The highest BCUT2D eigenvalue weighted by Gasteiger charge is 2.16. The number of hydrogen-bond donors (Lipinski definition) is 3. The molecule has 1 heterocycles. The maximum atomic E-state index is 11.8. The number of nitrogens with two attached hydrogens (primary N) is 1. The lowest BCUT2D eigenvalue weighted by Gasteiger charge is -2.12. The van der Waals surface area contributed by atoms with Gasteiger partial charge in [0.2, 0.25) is 15.9 Å². The first kappa shape index (κ1) is 16.9. The predicted molar refractivity (Wildman–Crippen MR) is 83.0 cm³/mol. The minimum atomic E-state index is -3.80. The second-order valence-corrected chi connectivity index (χ2v) is 6.87. The Bertz CT molecular complexity index is 639. The molecule has 1 aliphatic heterocycles. The van der Waals surface area contributed by atoms with Crippen LogP contribution in [0.15, 0.2) is 23.1 Å². The van der Waals surface area contributed by atoms with Crippen LogP contribution in [0.5, 0.6) is 0 Å². The number of anilines is 1. The van der Waals surface area contributed by atoms with Crippen molar-refractivity contribution in [2.45, 2.75) is 30.8 Å². The van der Waals surface area contributed by atoms with Gasteiger partial charge >= 0.3 is 0 Å². The standard InChI is InChI=1S/C14H21N3O4S/c1-10-4-5-11(7-13(10)22(15,19)20)17-14(18)9-16-8-12-3-2-6-21-12/h4-5,7,12,16H,2-3,6,8-9H2,1H3,(H,17,18)(H2,15,19,20). The lowest BCUT2D eigenvalue weighted by molar-refractivity contribution is -0.115. The van der Waals surface area contributed by atoms with Gasteiger partial charge in [-0.1, -0.05) is 6.07 Å². The van der Waals surface area contributed by atoms with Gasteiger partial charge in [0.05, 0.1) is 17.5 Å². The normalized spacial score (nSPS) is 18.4. The topological polar surface area (TPSA) is 111 Å². The minimum absolute atomic E-state index is 0.0117. The fourth-order valence-electron chi connectivity index (χ4n) is 2.34. The van der Waals surface area contributed by atoms with Gasteiger partial charge in [-0.25, -0.2) is 13.6 Å². The highest BCUT2D eigenvalue weighted by atomic mass is 32.2. The molecule has 1 fully saturated rings. The summed E-state index contributed by atoms with van der Waals surface area (Å²) in [5.74, 6) is -0.248. The molecule has 0 saturated carbocycles. The van der Waals surface area contributed by atoms with Crippen LogP contribution in [0.3, 0.4) is 0 Å². The molecule has 0 bridgehead atoms. The lowest BCUT2D eigenvalue weighted by Crippen LogP contribution is -2.33. The summed E-state index contributed by atoms with van der Waals surface area (Å²) in [5, 5.41) is 10.8. The second-order valence-electron chi connectivity index (χ2n) is 5.34. The molecule has 22 heavy (non-hydrogen) atoms. The van der Waals surface area contributed by atoms with Crippen LogP contribution >= 0.6 is 0 Å². The highest BCUT2D eigenvalue weighted by Crippen LogP contribution is 2.18. The smallest absolute Gasteiger partial charge is 0.238 e. The molecule has 1 atom stereocenters. The molecule has 1 unspecified atom stereocenters. The van der Waals surface area contributed by atoms with E-state index in [9.17, 15) is 13.2 Å². The maximum absolute atomic E-state index is 11.8. The summed E-state index contributed by atoms with van der Waals surface area (Å²) in [6.07, 6.45) is 2.23. The van der Waals surface area contributed by atoms with Gasteiger partial charge in [-0.2, -0.15) is 0 Å². The molecule has 0 spiro atoms. The number of primary sulfonamides is 1. The molecule has 2 rings (SSSR count). The molecule has 4 N–H and O–H groups in total. The first-order valence-electron chi connectivity index (χ1n) is 7.12. The molecule has 1 amide bonds. The molecule has 1 saturated heterocycles.